The lowest BCUT2D eigenvalue weighted by molar-refractivity contribution is -0.132. The first-order chi connectivity index (χ1) is 15.7. The molecule has 0 N–H and O–H groups in total. The molecule has 0 saturated carbocycles. The first-order valence-corrected chi connectivity index (χ1v) is 12.4. The van der Waals surface area contributed by atoms with Crippen molar-refractivity contribution in [3.05, 3.63) is 53.9 Å². The minimum absolute atomic E-state index is 0.0260. The highest BCUT2D eigenvalue weighted by molar-refractivity contribution is 5.81. The Bertz CT molecular complexity index is 1040. The molecule has 4 nitrogen and oxygen atoms in total. The standard InChI is InChI=1S/C28H36N2O2/c1-3-4-5-6-7-8-9-15-27(31)30-18-11-14-25(30)28-29-24-20-23(16-17-26(24)32-28)22-13-10-12-21(2)19-22/h10,12-13,16-17,19-20,25H,3-9,11,14-15,18H2,1-2H3. The van der Waals surface area contributed by atoms with Crippen molar-refractivity contribution >= 4 is 17.0 Å². The van der Waals surface area contributed by atoms with E-state index in [4.69, 9.17) is 9.40 Å². The molecule has 4 rings (SSSR count). The van der Waals surface area contributed by atoms with Crippen LogP contribution in [-0.2, 0) is 4.79 Å². The third-order valence-corrected chi connectivity index (χ3v) is 6.61. The molecule has 1 fully saturated rings. The maximum atomic E-state index is 12.9. The van der Waals surface area contributed by atoms with Gasteiger partial charge in [-0.1, -0.05) is 81.3 Å². The molecule has 1 atom stereocenters. The quantitative estimate of drug-likeness (QED) is 0.310. The zero-order valence-electron chi connectivity index (χ0n) is 19.6. The molecule has 1 amide bonds. The number of nitrogens with zero attached hydrogens (tertiary/aromatic N) is 2. The van der Waals surface area contributed by atoms with Gasteiger partial charge in [0.25, 0.3) is 0 Å². The zero-order valence-corrected chi connectivity index (χ0v) is 19.6. The maximum Gasteiger partial charge on any atom is 0.223 e. The van der Waals surface area contributed by atoms with Crippen LogP contribution in [0.15, 0.2) is 46.9 Å². The monoisotopic (exact) mass is 432 g/mol. The summed E-state index contributed by atoms with van der Waals surface area (Å²) in [5.41, 5.74) is 5.22. The lowest BCUT2D eigenvalue weighted by Gasteiger charge is -2.22. The fourth-order valence-corrected chi connectivity index (χ4v) is 4.79. The summed E-state index contributed by atoms with van der Waals surface area (Å²) in [7, 11) is 0. The molecule has 3 aromatic rings. The zero-order chi connectivity index (χ0) is 22.3. The lowest BCUT2D eigenvalue weighted by Crippen LogP contribution is -2.30. The number of rotatable bonds is 10. The summed E-state index contributed by atoms with van der Waals surface area (Å²) < 4.78 is 6.12. The number of hydrogen-bond acceptors (Lipinski definition) is 3. The summed E-state index contributed by atoms with van der Waals surface area (Å²) in [4.78, 5) is 19.7. The maximum absolute atomic E-state index is 12.9. The first-order valence-electron chi connectivity index (χ1n) is 12.4. The van der Waals surface area contributed by atoms with Crippen molar-refractivity contribution in [2.24, 2.45) is 0 Å². The Morgan fingerprint density at radius 3 is 2.62 bits per heavy atom. The van der Waals surface area contributed by atoms with E-state index in [0.717, 1.165) is 48.9 Å². The van der Waals surface area contributed by atoms with E-state index < -0.39 is 0 Å². The molecule has 2 aromatic carbocycles. The van der Waals surface area contributed by atoms with E-state index >= 15 is 0 Å². The van der Waals surface area contributed by atoms with Gasteiger partial charge in [-0.15, -0.1) is 0 Å². The fraction of sp³-hybridized carbons (Fsp3) is 0.500. The number of carbonyl (C=O) groups is 1. The van der Waals surface area contributed by atoms with Gasteiger partial charge in [-0.3, -0.25) is 4.79 Å². The molecule has 1 saturated heterocycles. The molecule has 0 aliphatic carbocycles. The van der Waals surface area contributed by atoms with E-state index in [9.17, 15) is 4.79 Å². The Morgan fingerprint density at radius 1 is 1.03 bits per heavy atom. The number of fused-ring (bicyclic) bond motifs is 1. The van der Waals surface area contributed by atoms with Crippen LogP contribution in [0.5, 0.6) is 0 Å². The van der Waals surface area contributed by atoms with Crippen LogP contribution in [0.2, 0.25) is 0 Å². The van der Waals surface area contributed by atoms with Gasteiger partial charge in [0, 0.05) is 13.0 Å². The number of hydrogen-bond donors (Lipinski definition) is 0. The summed E-state index contributed by atoms with van der Waals surface area (Å²) in [6.45, 7) is 5.16. The molecule has 0 bridgehead atoms. The van der Waals surface area contributed by atoms with Crippen LogP contribution in [0.1, 0.15) is 88.6 Å². The molecular formula is C28H36N2O2. The van der Waals surface area contributed by atoms with Gasteiger partial charge in [0.15, 0.2) is 5.58 Å². The summed E-state index contributed by atoms with van der Waals surface area (Å²) in [5, 5.41) is 0. The highest BCUT2D eigenvalue weighted by Crippen LogP contribution is 2.35. The minimum Gasteiger partial charge on any atom is -0.438 e. The van der Waals surface area contributed by atoms with Crippen LogP contribution >= 0.6 is 0 Å². The summed E-state index contributed by atoms with van der Waals surface area (Å²) in [6.07, 6.45) is 11.2. The third-order valence-electron chi connectivity index (χ3n) is 6.61. The number of carbonyl (C=O) groups excluding carboxylic acids is 1. The Morgan fingerprint density at radius 2 is 1.81 bits per heavy atom. The number of aromatic nitrogens is 1. The molecule has 0 radical (unpaired) electrons. The average molecular weight is 433 g/mol. The lowest BCUT2D eigenvalue weighted by atomic mass is 10.0. The van der Waals surface area contributed by atoms with Gasteiger partial charge in [-0.05, 0) is 49.4 Å². The van der Waals surface area contributed by atoms with Gasteiger partial charge in [0.05, 0.1) is 0 Å². The fourth-order valence-electron chi connectivity index (χ4n) is 4.79. The van der Waals surface area contributed by atoms with Gasteiger partial charge in [0.2, 0.25) is 11.8 Å². The molecule has 1 aliphatic heterocycles. The van der Waals surface area contributed by atoms with E-state index in [-0.39, 0.29) is 11.9 Å². The topological polar surface area (TPSA) is 46.3 Å². The van der Waals surface area contributed by atoms with Crippen molar-refractivity contribution in [2.75, 3.05) is 6.54 Å². The largest absolute Gasteiger partial charge is 0.438 e. The van der Waals surface area contributed by atoms with Crippen molar-refractivity contribution in [3.63, 3.8) is 0 Å². The van der Waals surface area contributed by atoms with Crippen LogP contribution in [0.4, 0.5) is 0 Å². The second kappa shape index (κ2) is 10.8. The highest BCUT2D eigenvalue weighted by Gasteiger charge is 2.33. The Balaban J connectivity index is 1.39. The molecule has 4 heteroatoms. The number of likely N-dealkylation sites (tertiary alicyclic amines) is 1. The minimum atomic E-state index is -0.0260. The van der Waals surface area contributed by atoms with Crippen molar-refractivity contribution < 1.29 is 9.21 Å². The Hall–Kier alpha value is -2.62. The molecule has 1 aliphatic rings. The van der Waals surface area contributed by atoms with Gasteiger partial charge in [-0.2, -0.15) is 0 Å². The van der Waals surface area contributed by atoms with Gasteiger partial charge >= 0.3 is 0 Å². The summed E-state index contributed by atoms with van der Waals surface area (Å²) in [5.74, 6) is 0.940. The normalized spacial score (nSPS) is 16.2. The molecule has 32 heavy (non-hydrogen) atoms. The van der Waals surface area contributed by atoms with Crippen molar-refractivity contribution in [2.45, 2.75) is 84.1 Å². The van der Waals surface area contributed by atoms with Crippen molar-refractivity contribution in [3.8, 4) is 11.1 Å². The van der Waals surface area contributed by atoms with Gasteiger partial charge in [-0.25, -0.2) is 4.98 Å². The molecule has 0 spiro atoms. The van der Waals surface area contributed by atoms with Gasteiger partial charge < -0.3 is 9.32 Å². The number of benzene rings is 2. The number of unbranched alkanes of at least 4 members (excludes halogenated alkanes) is 6. The number of amides is 1. The SMILES string of the molecule is CCCCCCCCCC(=O)N1CCCC1c1nc2cc(-c3cccc(C)c3)ccc2o1. The Labute approximate surface area is 192 Å². The first kappa shape index (κ1) is 22.6. The van der Waals surface area contributed by atoms with Crippen molar-refractivity contribution in [1.29, 1.82) is 0 Å². The van der Waals surface area contributed by atoms with E-state index in [2.05, 4.69) is 50.2 Å². The van der Waals surface area contributed by atoms with Gasteiger partial charge in [0.1, 0.15) is 11.6 Å². The Kier molecular flexibility index (Phi) is 7.62. The third kappa shape index (κ3) is 5.40. The average Bonchev–Trinajstić information content (AvgIpc) is 3.44. The predicted molar refractivity (Wildman–Crippen MR) is 130 cm³/mol. The van der Waals surface area contributed by atoms with E-state index in [1.54, 1.807) is 0 Å². The van der Waals surface area contributed by atoms with Crippen LogP contribution in [0.3, 0.4) is 0 Å². The molecule has 2 heterocycles. The highest BCUT2D eigenvalue weighted by atomic mass is 16.3. The smallest absolute Gasteiger partial charge is 0.223 e. The second-order valence-electron chi connectivity index (χ2n) is 9.22. The number of aryl methyl sites for hydroxylation is 1. The number of oxazole rings is 1. The summed E-state index contributed by atoms with van der Waals surface area (Å²) >= 11 is 0. The second-order valence-corrected chi connectivity index (χ2v) is 9.22. The molecule has 1 unspecified atom stereocenters. The van der Waals surface area contributed by atoms with Crippen LogP contribution in [0, 0.1) is 6.92 Å². The van der Waals surface area contributed by atoms with E-state index in [0.29, 0.717) is 12.3 Å². The molecular weight excluding hydrogens is 396 g/mol. The predicted octanol–water partition coefficient (Wildman–Crippen LogP) is 7.61. The van der Waals surface area contributed by atoms with Crippen LogP contribution < -0.4 is 0 Å². The van der Waals surface area contributed by atoms with Crippen LogP contribution in [0.25, 0.3) is 22.2 Å². The molecule has 170 valence electrons. The van der Waals surface area contributed by atoms with E-state index in [1.807, 2.05) is 11.0 Å². The van der Waals surface area contributed by atoms with Crippen LogP contribution in [-0.4, -0.2) is 22.3 Å². The summed E-state index contributed by atoms with van der Waals surface area (Å²) in [6, 6.07) is 14.6. The molecule has 1 aromatic heterocycles. The van der Waals surface area contributed by atoms with E-state index in [1.165, 1.54) is 43.2 Å². The van der Waals surface area contributed by atoms with Crippen molar-refractivity contribution in [1.82, 2.24) is 9.88 Å².